The van der Waals surface area contributed by atoms with Crippen molar-refractivity contribution in [2.75, 3.05) is 133 Å². The fourth-order valence-electron chi connectivity index (χ4n) is 17.3. The molecule has 3 aromatic heterocycles. The molecule has 0 unspecified atom stereocenters. The Morgan fingerprint density at radius 1 is 0.676 bits per heavy atom. The predicted molar refractivity (Wildman–Crippen MR) is 585 cm³/mol. The molecule has 0 radical (unpaired) electrons. The number of anilines is 6. The number of benzene rings is 10. The summed E-state index contributed by atoms with van der Waals surface area (Å²) in [7, 11) is 16.3. The largest absolute Gasteiger partial charge is 1.00 e. The number of nitrogens with two attached hydrogens (primary N) is 2. The lowest BCUT2D eigenvalue weighted by Gasteiger charge is -2.37. The van der Waals surface area contributed by atoms with Gasteiger partial charge in [-0.3, -0.25) is 15.6 Å². The highest BCUT2D eigenvalue weighted by Gasteiger charge is 2.29. The van der Waals surface area contributed by atoms with Gasteiger partial charge in [-0.25, -0.2) is 32.7 Å². The van der Waals surface area contributed by atoms with Crippen LogP contribution in [0.1, 0.15) is 101 Å². The molecule has 28 heteroatoms. The van der Waals surface area contributed by atoms with E-state index in [-0.39, 0.29) is 70.8 Å². The molecule has 0 atom stereocenters. The molecule has 4 aliphatic heterocycles. The van der Waals surface area contributed by atoms with Gasteiger partial charge in [0.2, 0.25) is 15.5 Å². The number of halogens is 2. The number of aliphatic carboxylic acids is 1. The van der Waals surface area contributed by atoms with Gasteiger partial charge >= 0.3 is 17.6 Å². The van der Waals surface area contributed by atoms with Crippen LogP contribution in [-0.2, 0) is 43.7 Å². The summed E-state index contributed by atoms with van der Waals surface area (Å²) in [6.07, 6.45) is 33.2. The standard InChI is InChI=1S/C25H30N3.C25H25N2.C19H17N3O.C18H19NO4.C16H15N5.C14H16N2O4S.ClH.HI/c1-26(2)22-13-7-19(8-14-22)25(20-9-15-23(16-10-20)27(3)4)21-11-17-24(18-12-21)28(5)6;1-3-26-18-16-20(22-12-5-7-14-24(22)26)10-9-11-21-17-19-27(4-2)25-15-8-6-13-23(21)25;1-14-11-16(19(13-20)21-2)12-18(23-14)10-7-15-5-8-17(9-6-15)22(3)4;1-2-22-17(20)14-10-12-9-11-5-3-7-19-8-4-6-13(15(11)19)16(12)23-18(14)21;17-15(18)10-3-1-9(2-4-10)13-7-11-5-6-12(16(19)20)8-14(11)21-13;1-16(2)12-7-3-6-11-10(12)5-4-8-13(11)21(19,20)15-9-14(17)18;;/h7-18H,1-6H3;5-19H,3-4H2,1-2H3;5-12H,1,3-4H3;9-10H,2-8H2,1H3;1-8,21H,(H3,17,18)(H3,19,20);3-8,15H,9H2,1-2H3,(H,17,18);2*1H/q2*+1;;;;;;/p-2/b;;10-7+,19-16+;;;;;. The number of nitrogen functional groups attached to an aromatic ring is 2. The third kappa shape index (κ3) is 27.3. The van der Waals surface area contributed by atoms with E-state index < -0.39 is 34.1 Å². The summed E-state index contributed by atoms with van der Waals surface area (Å²) in [4.78, 5) is 54.2. The maximum Gasteiger partial charge on any atom is 0.351 e. The van der Waals surface area contributed by atoms with Crippen LogP contribution in [0.2, 0.25) is 0 Å². The van der Waals surface area contributed by atoms with Crippen LogP contribution in [0.15, 0.2) is 340 Å². The van der Waals surface area contributed by atoms with Crippen LogP contribution >= 0.6 is 0 Å². The van der Waals surface area contributed by atoms with E-state index in [0.29, 0.717) is 39.2 Å². The van der Waals surface area contributed by atoms with E-state index in [9.17, 15) is 22.8 Å². The van der Waals surface area contributed by atoms with Gasteiger partial charge in [0.1, 0.15) is 61.5 Å². The maximum absolute atomic E-state index is 12.2. The number of para-hydroxylation sites is 2. The Balaban J connectivity index is 0.000000166. The quantitative estimate of drug-likeness (QED) is 0.00514. The normalized spacial score (nSPS) is 13.6. The smallest absolute Gasteiger partial charge is 0.351 e. The number of carboxylic acids is 1. The zero-order valence-corrected chi connectivity index (χ0v) is 87.8. The number of hydrogen-bond donors (Lipinski definition) is 7. The van der Waals surface area contributed by atoms with Crippen LogP contribution in [0.4, 0.5) is 34.1 Å². The number of aryl methyl sites for hydroxylation is 3. The van der Waals surface area contributed by atoms with Crippen LogP contribution in [0.3, 0.4) is 0 Å². The summed E-state index contributed by atoms with van der Waals surface area (Å²) in [6, 6.07) is 76.2. The van der Waals surface area contributed by atoms with E-state index in [0.717, 1.165) is 107 Å². The molecule has 7 heterocycles. The first-order chi connectivity index (χ1) is 68.8. The van der Waals surface area contributed by atoms with Gasteiger partial charge in [0.25, 0.3) is 5.70 Å². The van der Waals surface area contributed by atoms with Crippen LogP contribution in [-0.4, -0.2) is 156 Å². The van der Waals surface area contributed by atoms with E-state index >= 15 is 0 Å². The van der Waals surface area contributed by atoms with Crippen molar-refractivity contribution >= 4 is 140 Å². The van der Waals surface area contributed by atoms with Crippen LogP contribution in [0.5, 0.6) is 0 Å². The number of esters is 1. The molecule has 0 spiro atoms. The molecule has 0 amide bonds. The fraction of sp³-hybridized carbons (Fsp3) is 0.205. The molecule has 1 aliphatic carbocycles. The molecule has 10 aromatic carbocycles. The molecule has 0 fully saturated rings. The summed E-state index contributed by atoms with van der Waals surface area (Å²) in [5, 5.41) is 37.0. The molecule has 25 nitrogen and oxygen atoms in total. The first-order valence-corrected chi connectivity index (χ1v) is 48.7. The Kier molecular flexibility index (Phi) is 38.2. The summed E-state index contributed by atoms with van der Waals surface area (Å²) in [5.74, 6) is -0.471. The number of hydrogen-bond acceptors (Lipinski definition) is 17. The van der Waals surface area contributed by atoms with Gasteiger partial charge in [-0.15, -0.1) is 0 Å². The lowest BCUT2D eigenvalue weighted by Crippen LogP contribution is -3.00. The Hall–Kier alpha value is -15.9. The average molecular weight is 2090 g/mol. The molecule has 0 bridgehead atoms. The zero-order valence-electron chi connectivity index (χ0n) is 84.0. The number of ether oxygens (including phenoxy) is 2. The van der Waals surface area contributed by atoms with Gasteiger partial charge in [0.05, 0.1) is 29.5 Å². The molecule has 145 heavy (non-hydrogen) atoms. The third-order valence-corrected chi connectivity index (χ3v) is 26.1. The second-order valence-corrected chi connectivity index (χ2v) is 37.1. The Bertz CT molecular complexity index is 7550. The number of sulfonamides is 1. The van der Waals surface area contributed by atoms with Crippen molar-refractivity contribution in [2.24, 2.45) is 11.5 Å². The zero-order chi connectivity index (χ0) is 102. The first-order valence-electron chi connectivity index (χ1n) is 47.2. The van der Waals surface area contributed by atoms with Crippen molar-refractivity contribution in [2.45, 2.75) is 64.8 Å². The predicted octanol–water partition coefficient (Wildman–Crippen LogP) is 14.7. The maximum atomic E-state index is 12.2. The van der Waals surface area contributed by atoms with Crippen LogP contribution < -0.4 is 92.2 Å². The molecule has 13 aromatic rings. The van der Waals surface area contributed by atoms with Gasteiger partial charge in [-0.05, 0) is 230 Å². The van der Waals surface area contributed by atoms with Crippen molar-refractivity contribution < 1.29 is 82.5 Å². The number of aromatic nitrogens is 2. The number of carboxylic acid groups (broad SMARTS) is 1. The number of amidine groups is 2. The summed E-state index contributed by atoms with van der Waals surface area (Å²) < 4.78 is 47.1. The van der Waals surface area contributed by atoms with Gasteiger partial charge < -0.3 is 101 Å². The summed E-state index contributed by atoms with van der Waals surface area (Å²) in [5.41, 5.74) is 37.5. The summed E-state index contributed by atoms with van der Waals surface area (Å²) >= 11 is 0. The van der Waals surface area contributed by atoms with Gasteiger partial charge in [-0.2, -0.15) is 9.29 Å². The van der Waals surface area contributed by atoms with Crippen molar-refractivity contribution in [1.29, 1.82) is 16.1 Å². The number of fused-ring (bicyclic) bond motifs is 6. The Morgan fingerprint density at radius 2 is 1.28 bits per heavy atom. The molecule has 9 N–H and O–H groups in total. The highest BCUT2D eigenvalue weighted by molar-refractivity contribution is 7.89. The van der Waals surface area contributed by atoms with E-state index in [1.165, 1.54) is 90.0 Å². The molecule has 0 saturated heterocycles. The molecule has 5 aliphatic rings. The van der Waals surface area contributed by atoms with Gasteiger partial charge in [0, 0.05) is 196 Å². The van der Waals surface area contributed by atoms with Gasteiger partial charge in [-0.1, -0.05) is 152 Å². The van der Waals surface area contributed by atoms with E-state index in [1.54, 1.807) is 50.3 Å². The number of carbonyl (C=O) groups excluding carboxylic acids is 1. The number of H-pyrrole nitrogens is 1. The monoisotopic (exact) mass is 2090 g/mol. The molecular formula is C117H122ClIN16O9S. The third-order valence-electron chi connectivity index (χ3n) is 24.6. The van der Waals surface area contributed by atoms with Crippen molar-refractivity contribution in [3.05, 3.63) is 403 Å². The first kappa shape index (κ1) is 109. The number of aromatic amines is 1. The number of allylic oxidation sites excluding steroid dienone is 15. The Labute approximate surface area is 872 Å². The second kappa shape index (κ2) is 50.7. The SMILES string of the molecule is CCN1C=C/C(=C\C=C\c2cc[n+](CC)c3ccccc23)c2ccccc21.CCOC(=O)c1cc2cc3c4c(c2oc1=O)CCCN4CCC3.CN(C)c1ccc(C(=C2C=CC(=[N+](C)C)C=C2)c2ccc(N(C)C)cc2)cc1.CN(C)c1cccc2c(S(=O)(=O)NCC(=O)O)cccc12.N=C(N)c1ccc(-c2cc3ccc(C(=N)N)cc3[nH]2)cc1.[C-]#[N+]/C(C#N)=C1\C=C(C)OC(/C=C/c2ccc(N(C)C)cc2)=C1.[Cl-].[I-]. The highest BCUT2D eigenvalue weighted by atomic mass is 127. The van der Waals surface area contributed by atoms with Gasteiger partial charge in [0.15, 0.2) is 11.9 Å². The van der Waals surface area contributed by atoms with Crippen LogP contribution in [0, 0.1) is 28.7 Å². The van der Waals surface area contributed by atoms with Crippen LogP contribution in [0.25, 0.3) is 82.9 Å². The fourth-order valence-corrected chi connectivity index (χ4v) is 18.5. The van der Waals surface area contributed by atoms with Crippen molar-refractivity contribution in [3.63, 3.8) is 0 Å². The number of carbonyl (C=O) groups is 2. The molecular weight excluding hydrogens is 1970 g/mol. The van der Waals surface area contributed by atoms with E-state index in [2.05, 4.69) is 270 Å². The van der Waals surface area contributed by atoms with Crippen molar-refractivity contribution in [3.8, 4) is 17.3 Å². The average Bonchev–Trinajstić information content (AvgIpc) is 0.843. The number of rotatable bonds is 21. The molecule has 744 valence electrons. The summed E-state index contributed by atoms with van der Waals surface area (Å²) in [6.45, 7) is 18.6. The van der Waals surface area contributed by atoms with E-state index in [1.807, 2.05) is 141 Å². The van der Waals surface area contributed by atoms with Crippen molar-refractivity contribution in [1.82, 2.24) is 9.71 Å². The number of nitrogens with one attached hydrogen (secondary N) is 4. The Morgan fingerprint density at radius 3 is 1.89 bits per heavy atom. The molecule has 0 saturated carbocycles. The molecule has 18 rings (SSSR count). The van der Waals surface area contributed by atoms with E-state index in [4.69, 9.17) is 53.1 Å². The highest BCUT2D eigenvalue weighted by Crippen LogP contribution is 2.42. The number of nitrogens with zero attached hydrogens (tertiary/aromatic N) is 10. The lowest BCUT2D eigenvalue weighted by molar-refractivity contribution is -0.667. The lowest BCUT2D eigenvalue weighted by atomic mass is 9.90. The number of nitriles is 1. The minimum atomic E-state index is -3.87. The minimum absolute atomic E-state index is 0. The second-order valence-electron chi connectivity index (χ2n) is 35.4. The minimum Gasteiger partial charge on any atom is -1.00 e. The number of pyridine rings is 1. The topological polar surface area (TPSA) is 319 Å².